The molecule has 6 heteroatoms. The number of hydrogen-bond acceptors (Lipinski definition) is 4. The first-order valence-electron chi connectivity index (χ1n) is 6.88. The molecular formula is C16H14ClN3O2. The number of nitrogens with zero attached hydrogens (tertiary/aromatic N) is 2. The molecule has 0 fully saturated rings. The molecule has 1 aromatic carbocycles. The molecule has 3 rings (SSSR count). The molecule has 1 amide bonds. The van der Waals surface area contributed by atoms with E-state index in [2.05, 4.69) is 15.5 Å². The van der Waals surface area contributed by atoms with Gasteiger partial charge in [0.05, 0.1) is 18.0 Å². The quantitative estimate of drug-likeness (QED) is 0.943. The van der Waals surface area contributed by atoms with E-state index >= 15 is 0 Å². The van der Waals surface area contributed by atoms with Gasteiger partial charge in [-0.2, -0.15) is 0 Å². The van der Waals surface area contributed by atoms with Crippen molar-refractivity contribution in [1.29, 1.82) is 0 Å². The Morgan fingerprint density at radius 1 is 1.27 bits per heavy atom. The number of amides is 1. The van der Waals surface area contributed by atoms with E-state index in [1.54, 1.807) is 18.3 Å². The first-order valence-corrected chi connectivity index (χ1v) is 7.26. The number of carbonyl (C=O) groups is 1. The monoisotopic (exact) mass is 315 g/mol. The average molecular weight is 316 g/mol. The van der Waals surface area contributed by atoms with Crippen molar-refractivity contribution in [3.05, 3.63) is 64.9 Å². The summed E-state index contributed by atoms with van der Waals surface area (Å²) in [5, 5.41) is 7.45. The average Bonchev–Trinajstić information content (AvgIpc) is 3.04. The maximum Gasteiger partial charge on any atom is 0.264 e. The topological polar surface area (TPSA) is 63.6 Å². The fourth-order valence-corrected chi connectivity index (χ4v) is 2.25. The Balaban J connectivity index is 1.55. The fraction of sp³-hybridized carbons (Fsp3) is 0.188. The summed E-state index contributed by atoms with van der Waals surface area (Å²) >= 11 is 5.86. The molecule has 2 aromatic rings. The standard InChI is InChI=1S/C16H14ClN3O2/c17-12-6-4-11(5-7-12)14-9-15(22-20-14)16(21)19-10-13-3-1-2-8-18-13/h1-8,15H,9-10H2,(H,19,21). The summed E-state index contributed by atoms with van der Waals surface area (Å²) in [6.45, 7) is 0.371. The number of nitrogens with one attached hydrogen (secondary N) is 1. The second kappa shape index (κ2) is 6.58. The van der Waals surface area contributed by atoms with E-state index in [0.717, 1.165) is 17.0 Å². The second-order valence-electron chi connectivity index (χ2n) is 4.88. The number of rotatable bonds is 4. The highest BCUT2D eigenvalue weighted by atomic mass is 35.5. The van der Waals surface area contributed by atoms with Crippen molar-refractivity contribution < 1.29 is 9.63 Å². The van der Waals surface area contributed by atoms with Crippen molar-refractivity contribution in [2.75, 3.05) is 0 Å². The van der Waals surface area contributed by atoms with Crippen LogP contribution >= 0.6 is 11.6 Å². The van der Waals surface area contributed by atoms with E-state index in [0.29, 0.717) is 18.0 Å². The largest absolute Gasteiger partial charge is 0.382 e. The van der Waals surface area contributed by atoms with Crippen LogP contribution in [0.15, 0.2) is 53.8 Å². The van der Waals surface area contributed by atoms with Crippen molar-refractivity contribution in [3.8, 4) is 0 Å². The van der Waals surface area contributed by atoms with Gasteiger partial charge >= 0.3 is 0 Å². The number of benzene rings is 1. The van der Waals surface area contributed by atoms with E-state index in [1.165, 1.54) is 0 Å². The van der Waals surface area contributed by atoms with Gasteiger partial charge in [-0.25, -0.2) is 0 Å². The molecule has 0 saturated carbocycles. The van der Waals surface area contributed by atoms with Crippen LogP contribution in [0.1, 0.15) is 17.7 Å². The number of halogens is 1. The third kappa shape index (κ3) is 3.43. The van der Waals surface area contributed by atoms with Crippen LogP contribution in [-0.2, 0) is 16.2 Å². The minimum atomic E-state index is -0.602. The molecule has 0 bridgehead atoms. The predicted molar refractivity (Wildman–Crippen MR) is 83.6 cm³/mol. The van der Waals surface area contributed by atoms with Gasteiger partial charge in [0.1, 0.15) is 0 Å². The van der Waals surface area contributed by atoms with Crippen molar-refractivity contribution in [2.24, 2.45) is 5.16 Å². The lowest BCUT2D eigenvalue weighted by Gasteiger charge is -2.09. The zero-order valence-corrected chi connectivity index (χ0v) is 12.5. The molecule has 5 nitrogen and oxygen atoms in total. The molecule has 1 aromatic heterocycles. The Kier molecular flexibility index (Phi) is 4.34. The Morgan fingerprint density at radius 2 is 2.09 bits per heavy atom. The molecule has 2 heterocycles. The molecule has 0 radical (unpaired) electrons. The highest BCUT2D eigenvalue weighted by Gasteiger charge is 2.28. The smallest absolute Gasteiger partial charge is 0.264 e. The molecule has 1 aliphatic heterocycles. The Morgan fingerprint density at radius 3 is 2.82 bits per heavy atom. The molecular weight excluding hydrogens is 302 g/mol. The van der Waals surface area contributed by atoms with E-state index in [4.69, 9.17) is 16.4 Å². The van der Waals surface area contributed by atoms with Crippen LogP contribution < -0.4 is 5.32 Å². The summed E-state index contributed by atoms with van der Waals surface area (Å²) in [5.41, 5.74) is 2.45. The third-order valence-corrected chi connectivity index (χ3v) is 3.56. The molecule has 0 spiro atoms. The van der Waals surface area contributed by atoms with Gasteiger partial charge in [-0.05, 0) is 29.8 Å². The molecule has 22 heavy (non-hydrogen) atoms. The molecule has 1 atom stereocenters. The van der Waals surface area contributed by atoms with Crippen molar-refractivity contribution in [1.82, 2.24) is 10.3 Å². The van der Waals surface area contributed by atoms with Crippen LogP contribution in [0.5, 0.6) is 0 Å². The molecule has 0 saturated heterocycles. The first-order chi connectivity index (χ1) is 10.7. The third-order valence-electron chi connectivity index (χ3n) is 3.31. The Hall–Kier alpha value is -2.40. The summed E-state index contributed by atoms with van der Waals surface area (Å²) in [6, 6.07) is 12.9. The molecule has 1 aliphatic rings. The fourth-order valence-electron chi connectivity index (χ4n) is 2.12. The van der Waals surface area contributed by atoms with Crippen LogP contribution in [0.4, 0.5) is 0 Å². The maximum absolute atomic E-state index is 12.1. The van der Waals surface area contributed by atoms with E-state index in [-0.39, 0.29) is 5.91 Å². The zero-order chi connectivity index (χ0) is 15.4. The van der Waals surface area contributed by atoms with Crippen molar-refractivity contribution in [3.63, 3.8) is 0 Å². The van der Waals surface area contributed by atoms with Gasteiger partial charge in [0.2, 0.25) is 6.10 Å². The van der Waals surface area contributed by atoms with Crippen LogP contribution in [0.2, 0.25) is 5.02 Å². The SMILES string of the molecule is O=C(NCc1ccccn1)C1CC(c2ccc(Cl)cc2)=NO1. The van der Waals surface area contributed by atoms with Crippen LogP contribution in [-0.4, -0.2) is 22.7 Å². The minimum Gasteiger partial charge on any atom is -0.382 e. The second-order valence-corrected chi connectivity index (χ2v) is 5.32. The lowest BCUT2D eigenvalue weighted by Crippen LogP contribution is -2.34. The number of aromatic nitrogens is 1. The molecule has 1 unspecified atom stereocenters. The van der Waals surface area contributed by atoms with E-state index < -0.39 is 6.10 Å². The van der Waals surface area contributed by atoms with Crippen molar-refractivity contribution in [2.45, 2.75) is 19.1 Å². The van der Waals surface area contributed by atoms with Gasteiger partial charge < -0.3 is 10.2 Å². The number of carbonyl (C=O) groups excluding carboxylic acids is 1. The normalized spacial score (nSPS) is 16.8. The summed E-state index contributed by atoms with van der Waals surface area (Å²) in [6.07, 6.45) is 1.53. The predicted octanol–water partition coefficient (Wildman–Crippen LogP) is 2.54. The van der Waals surface area contributed by atoms with Crippen LogP contribution in [0, 0.1) is 0 Å². The number of hydrogen-bond donors (Lipinski definition) is 1. The summed E-state index contributed by atoms with van der Waals surface area (Å²) in [4.78, 5) is 21.5. The molecule has 112 valence electrons. The molecule has 0 aliphatic carbocycles. The van der Waals surface area contributed by atoms with Gasteiger partial charge in [-0.3, -0.25) is 9.78 Å². The van der Waals surface area contributed by atoms with E-state index in [1.807, 2.05) is 30.3 Å². The highest BCUT2D eigenvalue weighted by Crippen LogP contribution is 2.18. The highest BCUT2D eigenvalue weighted by molar-refractivity contribution is 6.30. The number of pyridine rings is 1. The van der Waals surface area contributed by atoms with Gasteiger partial charge in [-0.15, -0.1) is 0 Å². The van der Waals surface area contributed by atoms with Crippen LogP contribution in [0.3, 0.4) is 0 Å². The van der Waals surface area contributed by atoms with Gasteiger partial charge in [-0.1, -0.05) is 35.0 Å². The van der Waals surface area contributed by atoms with Crippen LogP contribution in [0.25, 0.3) is 0 Å². The van der Waals surface area contributed by atoms with Gasteiger partial charge in [0.15, 0.2) is 0 Å². The lowest BCUT2D eigenvalue weighted by atomic mass is 10.0. The van der Waals surface area contributed by atoms with Crippen molar-refractivity contribution >= 4 is 23.2 Å². The summed E-state index contributed by atoms with van der Waals surface area (Å²) in [7, 11) is 0. The summed E-state index contributed by atoms with van der Waals surface area (Å²) < 4.78 is 0. The lowest BCUT2D eigenvalue weighted by molar-refractivity contribution is -0.131. The van der Waals surface area contributed by atoms with Gasteiger partial charge in [0.25, 0.3) is 5.91 Å². The minimum absolute atomic E-state index is 0.196. The maximum atomic E-state index is 12.1. The Labute approximate surface area is 133 Å². The summed E-state index contributed by atoms with van der Waals surface area (Å²) in [5.74, 6) is -0.196. The van der Waals surface area contributed by atoms with E-state index in [9.17, 15) is 4.79 Å². The first kappa shape index (κ1) is 14.5. The van der Waals surface area contributed by atoms with Gasteiger partial charge in [0, 0.05) is 17.6 Å². The zero-order valence-electron chi connectivity index (χ0n) is 11.7. The molecule has 1 N–H and O–H groups in total. The number of oxime groups is 1. The Bertz CT molecular complexity index is 686.